The Hall–Kier alpha value is -1.43. The van der Waals surface area contributed by atoms with E-state index in [-0.39, 0.29) is 16.6 Å². The Balaban J connectivity index is 2.09. The second-order valence-corrected chi connectivity index (χ2v) is 6.19. The van der Waals surface area contributed by atoms with Crippen LogP contribution in [0, 0.1) is 5.82 Å². The Morgan fingerprint density at radius 1 is 1.38 bits per heavy atom. The molecule has 0 spiro atoms. The highest BCUT2D eigenvalue weighted by atomic mass is 35.5. The Kier molecular flexibility index (Phi) is 5.33. The van der Waals surface area contributed by atoms with E-state index >= 15 is 0 Å². The highest BCUT2D eigenvalue weighted by molar-refractivity contribution is 7.10. The van der Waals surface area contributed by atoms with Gasteiger partial charge in [-0.3, -0.25) is 4.79 Å². The standard InChI is InChI=1S/C15H16ClFN2OS/c1-19(2)12(13-7-4-8-21-13)9-18-15(20)14-10(16)5-3-6-11(14)17/h3-8,12H,9H2,1-2H3,(H,18,20)/t12-/m1/s1. The van der Waals surface area contributed by atoms with E-state index in [0.717, 1.165) is 4.88 Å². The quantitative estimate of drug-likeness (QED) is 0.911. The SMILES string of the molecule is CN(C)[C@H](CNC(=O)c1c(F)cccc1Cl)c1cccs1. The molecular formula is C15H16ClFN2OS. The van der Waals surface area contributed by atoms with Gasteiger partial charge in [0.05, 0.1) is 16.6 Å². The topological polar surface area (TPSA) is 32.3 Å². The molecule has 1 aromatic heterocycles. The molecule has 0 bridgehead atoms. The monoisotopic (exact) mass is 326 g/mol. The highest BCUT2D eigenvalue weighted by Crippen LogP contribution is 2.23. The van der Waals surface area contributed by atoms with Gasteiger partial charge in [0.2, 0.25) is 0 Å². The summed E-state index contributed by atoms with van der Waals surface area (Å²) in [5.41, 5.74) is -0.108. The minimum atomic E-state index is -0.613. The van der Waals surface area contributed by atoms with Crippen molar-refractivity contribution in [3.8, 4) is 0 Å². The highest BCUT2D eigenvalue weighted by Gasteiger charge is 2.19. The number of hydrogen-bond donors (Lipinski definition) is 1. The summed E-state index contributed by atoms with van der Waals surface area (Å²) >= 11 is 7.51. The van der Waals surface area contributed by atoms with Crippen LogP contribution in [0.5, 0.6) is 0 Å². The molecule has 1 atom stereocenters. The van der Waals surface area contributed by atoms with E-state index in [1.807, 2.05) is 36.5 Å². The Bertz CT molecular complexity index is 596. The summed E-state index contributed by atoms with van der Waals surface area (Å²) in [6.45, 7) is 0.386. The molecule has 1 N–H and O–H groups in total. The van der Waals surface area contributed by atoms with E-state index in [2.05, 4.69) is 5.32 Å². The zero-order valence-corrected chi connectivity index (χ0v) is 13.3. The first-order valence-electron chi connectivity index (χ1n) is 6.42. The van der Waals surface area contributed by atoms with Crippen molar-refractivity contribution in [3.63, 3.8) is 0 Å². The molecule has 0 aliphatic rings. The van der Waals surface area contributed by atoms with Crippen LogP contribution in [0.25, 0.3) is 0 Å². The van der Waals surface area contributed by atoms with Gasteiger partial charge in [0.15, 0.2) is 0 Å². The number of nitrogens with one attached hydrogen (secondary N) is 1. The van der Waals surface area contributed by atoms with Crippen LogP contribution in [-0.4, -0.2) is 31.4 Å². The lowest BCUT2D eigenvalue weighted by Gasteiger charge is -2.23. The molecule has 0 saturated carbocycles. The van der Waals surface area contributed by atoms with Crippen LogP contribution >= 0.6 is 22.9 Å². The number of benzene rings is 1. The Morgan fingerprint density at radius 3 is 2.71 bits per heavy atom. The number of thiophene rings is 1. The number of nitrogens with zero attached hydrogens (tertiary/aromatic N) is 1. The van der Waals surface area contributed by atoms with Gasteiger partial charge in [-0.25, -0.2) is 4.39 Å². The molecule has 1 aromatic carbocycles. The summed E-state index contributed by atoms with van der Waals surface area (Å²) in [6.07, 6.45) is 0. The van der Waals surface area contributed by atoms with E-state index < -0.39 is 11.7 Å². The summed E-state index contributed by atoms with van der Waals surface area (Å²) in [6, 6.07) is 8.22. The molecule has 0 aliphatic heterocycles. The fraction of sp³-hybridized carbons (Fsp3) is 0.267. The summed E-state index contributed by atoms with van der Waals surface area (Å²) < 4.78 is 13.7. The van der Waals surface area contributed by atoms with Crippen molar-refractivity contribution >= 4 is 28.8 Å². The van der Waals surface area contributed by atoms with Crippen LogP contribution in [0.3, 0.4) is 0 Å². The molecular weight excluding hydrogens is 311 g/mol. The number of hydrogen-bond acceptors (Lipinski definition) is 3. The Labute approximate surface area is 132 Å². The van der Waals surface area contributed by atoms with Crippen molar-refractivity contribution in [3.05, 3.63) is 57.0 Å². The predicted molar refractivity (Wildman–Crippen MR) is 84.5 cm³/mol. The molecule has 0 radical (unpaired) electrons. The third-order valence-electron chi connectivity index (χ3n) is 3.14. The molecule has 6 heteroatoms. The van der Waals surface area contributed by atoms with Crippen molar-refractivity contribution in [2.24, 2.45) is 0 Å². The van der Waals surface area contributed by atoms with Crippen molar-refractivity contribution in [2.45, 2.75) is 6.04 Å². The van der Waals surface area contributed by atoms with Crippen LogP contribution in [0.2, 0.25) is 5.02 Å². The number of likely N-dealkylation sites (N-methyl/N-ethyl adjacent to an activating group) is 1. The molecule has 1 heterocycles. The van der Waals surface area contributed by atoms with E-state index in [4.69, 9.17) is 11.6 Å². The second kappa shape index (κ2) is 7.02. The fourth-order valence-electron chi connectivity index (χ4n) is 2.01. The summed E-state index contributed by atoms with van der Waals surface area (Å²) in [4.78, 5) is 15.3. The summed E-state index contributed by atoms with van der Waals surface area (Å²) in [5, 5.41) is 4.86. The second-order valence-electron chi connectivity index (χ2n) is 4.80. The van der Waals surface area contributed by atoms with Crippen LogP contribution in [0.4, 0.5) is 4.39 Å². The molecule has 0 fully saturated rings. The van der Waals surface area contributed by atoms with Gasteiger partial charge in [0.1, 0.15) is 5.82 Å². The van der Waals surface area contributed by atoms with E-state index in [1.165, 1.54) is 18.2 Å². The molecule has 0 unspecified atom stereocenters. The molecule has 112 valence electrons. The van der Waals surface area contributed by atoms with Gasteiger partial charge in [-0.15, -0.1) is 11.3 Å². The maximum absolute atomic E-state index is 13.7. The lowest BCUT2D eigenvalue weighted by molar-refractivity contribution is 0.0938. The maximum Gasteiger partial charge on any atom is 0.255 e. The van der Waals surface area contributed by atoms with Gasteiger partial charge in [-0.05, 0) is 37.7 Å². The van der Waals surface area contributed by atoms with Gasteiger partial charge in [-0.2, -0.15) is 0 Å². The molecule has 3 nitrogen and oxygen atoms in total. The van der Waals surface area contributed by atoms with E-state index in [0.29, 0.717) is 6.54 Å². The first-order chi connectivity index (χ1) is 10.0. The van der Waals surface area contributed by atoms with Crippen LogP contribution in [0.15, 0.2) is 35.7 Å². The zero-order valence-electron chi connectivity index (χ0n) is 11.8. The fourth-order valence-corrected chi connectivity index (χ4v) is 3.18. The normalized spacial score (nSPS) is 12.4. The number of rotatable bonds is 5. The molecule has 2 aromatic rings. The summed E-state index contributed by atoms with van der Waals surface area (Å²) in [5.74, 6) is -1.11. The molecule has 1 amide bonds. The van der Waals surface area contributed by atoms with Crippen molar-refractivity contribution in [2.75, 3.05) is 20.6 Å². The maximum atomic E-state index is 13.7. The number of halogens is 2. The van der Waals surface area contributed by atoms with Crippen molar-refractivity contribution < 1.29 is 9.18 Å². The van der Waals surface area contributed by atoms with Gasteiger partial charge in [-0.1, -0.05) is 23.7 Å². The summed E-state index contributed by atoms with van der Waals surface area (Å²) in [7, 11) is 3.87. The minimum Gasteiger partial charge on any atom is -0.350 e. The number of carbonyl (C=O) groups is 1. The Morgan fingerprint density at radius 2 is 2.14 bits per heavy atom. The predicted octanol–water partition coefficient (Wildman–Crippen LogP) is 3.57. The van der Waals surface area contributed by atoms with Crippen LogP contribution in [-0.2, 0) is 0 Å². The zero-order chi connectivity index (χ0) is 15.4. The first kappa shape index (κ1) is 15.9. The first-order valence-corrected chi connectivity index (χ1v) is 7.68. The lowest BCUT2D eigenvalue weighted by Crippen LogP contribution is -2.34. The molecule has 0 saturated heterocycles. The van der Waals surface area contributed by atoms with Crippen molar-refractivity contribution in [1.82, 2.24) is 10.2 Å². The molecule has 0 aliphatic carbocycles. The average molecular weight is 327 g/mol. The van der Waals surface area contributed by atoms with Crippen LogP contribution in [0.1, 0.15) is 21.3 Å². The van der Waals surface area contributed by atoms with Gasteiger partial charge in [0, 0.05) is 11.4 Å². The average Bonchev–Trinajstić information content (AvgIpc) is 2.92. The number of carbonyl (C=O) groups excluding carboxylic acids is 1. The van der Waals surface area contributed by atoms with Crippen molar-refractivity contribution in [1.29, 1.82) is 0 Å². The van der Waals surface area contributed by atoms with E-state index in [1.54, 1.807) is 11.3 Å². The third-order valence-corrected chi connectivity index (χ3v) is 4.43. The number of amides is 1. The van der Waals surface area contributed by atoms with Gasteiger partial charge in [0.25, 0.3) is 5.91 Å². The van der Waals surface area contributed by atoms with Gasteiger partial charge >= 0.3 is 0 Å². The van der Waals surface area contributed by atoms with Crippen LogP contribution < -0.4 is 5.32 Å². The molecule has 2 rings (SSSR count). The smallest absolute Gasteiger partial charge is 0.255 e. The minimum absolute atomic E-state index is 0.0412. The van der Waals surface area contributed by atoms with E-state index in [9.17, 15) is 9.18 Å². The lowest BCUT2D eigenvalue weighted by atomic mass is 10.1. The molecule has 21 heavy (non-hydrogen) atoms. The largest absolute Gasteiger partial charge is 0.350 e. The third kappa shape index (κ3) is 3.81. The van der Waals surface area contributed by atoms with Gasteiger partial charge < -0.3 is 10.2 Å².